The summed E-state index contributed by atoms with van der Waals surface area (Å²) in [6, 6.07) is 0.0298. The van der Waals surface area contributed by atoms with Crippen LogP contribution in [-0.4, -0.2) is 31.9 Å². The molecule has 1 fully saturated rings. The average molecular weight is 261 g/mol. The van der Waals surface area contributed by atoms with Gasteiger partial charge in [0.15, 0.2) is 0 Å². The summed E-state index contributed by atoms with van der Waals surface area (Å²) >= 11 is 0. The van der Waals surface area contributed by atoms with Gasteiger partial charge in [-0.15, -0.1) is 0 Å². The van der Waals surface area contributed by atoms with Gasteiger partial charge in [0, 0.05) is 11.5 Å². The fourth-order valence-electron chi connectivity index (χ4n) is 2.15. The van der Waals surface area contributed by atoms with E-state index in [0.717, 1.165) is 12.8 Å². The maximum absolute atomic E-state index is 12.0. The Morgan fingerprint density at radius 1 is 1.29 bits per heavy atom. The fourth-order valence-corrected chi connectivity index (χ4v) is 3.65. The molecule has 0 aromatic heterocycles. The van der Waals surface area contributed by atoms with Crippen LogP contribution in [0.2, 0.25) is 0 Å². The minimum Gasteiger partial charge on any atom is -0.353 e. The van der Waals surface area contributed by atoms with E-state index in [1.165, 1.54) is 0 Å². The Morgan fingerprint density at radius 2 is 1.82 bits per heavy atom. The lowest BCUT2D eigenvalue weighted by Gasteiger charge is -2.29. The molecule has 1 aliphatic heterocycles. The Kier molecular flexibility index (Phi) is 4.58. The number of hydrogen-bond acceptors (Lipinski definition) is 3. The van der Waals surface area contributed by atoms with E-state index in [2.05, 4.69) is 12.2 Å². The molecular weight excluding hydrogens is 238 g/mol. The van der Waals surface area contributed by atoms with E-state index in [-0.39, 0.29) is 28.9 Å². The maximum Gasteiger partial charge on any atom is 0.225 e. The molecule has 1 saturated heterocycles. The zero-order chi connectivity index (χ0) is 13.1. The quantitative estimate of drug-likeness (QED) is 0.834. The Morgan fingerprint density at radius 3 is 2.29 bits per heavy atom. The number of sulfone groups is 1. The lowest BCUT2D eigenvalue weighted by molar-refractivity contribution is -0.130. The Labute approximate surface area is 104 Å². The van der Waals surface area contributed by atoms with Crippen LogP contribution in [0.5, 0.6) is 0 Å². The molecule has 5 heteroatoms. The minimum absolute atomic E-state index is 0.0298. The van der Waals surface area contributed by atoms with Crippen molar-refractivity contribution in [1.29, 1.82) is 0 Å². The highest BCUT2D eigenvalue weighted by atomic mass is 32.2. The van der Waals surface area contributed by atoms with Crippen molar-refractivity contribution in [3.05, 3.63) is 0 Å². The van der Waals surface area contributed by atoms with Gasteiger partial charge < -0.3 is 5.32 Å². The smallest absolute Gasteiger partial charge is 0.225 e. The molecule has 0 bridgehead atoms. The highest BCUT2D eigenvalue weighted by Crippen LogP contribution is 2.23. The normalized spacial score (nSPS) is 21.1. The first-order chi connectivity index (χ1) is 7.77. The lowest BCUT2D eigenvalue weighted by Crippen LogP contribution is -2.46. The number of nitrogens with one attached hydrogen (secondary N) is 1. The van der Waals surface area contributed by atoms with Crippen molar-refractivity contribution >= 4 is 15.7 Å². The van der Waals surface area contributed by atoms with Crippen molar-refractivity contribution in [2.45, 2.75) is 52.5 Å². The van der Waals surface area contributed by atoms with Gasteiger partial charge in [0.05, 0.1) is 11.5 Å². The van der Waals surface area contributed by atoms with E-state index in [1.54, 1.807) is 0 Å². The van der Waals surface area contributed by atoms with E-state index in [0.29, 0.717) is 12.8 Å². The maximum atomic E-state index is 12.0. The summed E-state index contributed by atoms with van der Waals surface area (Å²) in [7, 11) is -2.85. The summed E-state index contributed by atoms with van der Waals surface area (Å²) in [5.74, 6) is 0.446. The van der Waals surface area contributed by atoms with Crippen molar-refractivity contribution in [2.75, 3.05) is 11.5 Å². The molecule has 1 aliphatic rings. The summed E-state index contributed by atoms with van der Waals surface area (Å²) in [4.78, 5) is 12.0. The van der Waals surface area contributed by atoms with Gasteiger partial charge in [-0.1, -0.05) is 27.2 Å². The molecule has 4 nitrogen and oxygen atoms in total. The molecule has 1 rings (SSSR count). The third kappa shape index (κ3) is 4.30. The molecule has 100 valence electrons. The second-order valence-corrected chi connectivity index (χ2v) is 7.84. The molecule has 17 heavy (non-hydrogen) atoms. The summed E-state index contributed by atoms with van der Waals surface area (Å²) in [5, 5.41) is 2.98. The van der Waals surface area contributed by atoms with E-state index in [4.69, 9.17) is 0 Å². The molecule has 0 spiro atoms. The number of carbonyl (C=O) groups excluding carboxylic acids is 1. The van der Waals surface area contributed by atoms with Gasteiger partial charge in [-0.25, -0.2) is 8.42 Å². The Hall–Kier alpha value is -0.580. The summed E-state index contributed by atoms with van der Waals surface area (Å²) in [5.41, 5.74) is -0.356. The third-order valence-corrected chi connectivity index (χ3v) is 5.09. The SMILES string of the molecule is CCCC(C)(C)C(=O)NC1CCS(=O)(=O)CC1. The second kappa shape index (κ2) is 5.38. The molecule has 0 unspecified atom stereocenters. The van der Waals surface area contributed by atoms with Crippen LogP contribution < -0.4 is 5.32 Å². The Balaban J connectivity index is 2.48. The number of carbonyl (C=O) groups is 1. The van der Waals surface area contributed by atoms with E-state index in [1.807, 2.05) is 13.8 Å². The Bertz CT molecular complexity index is 359. The van der Waals surface area contributed by atoms with Gasteiger partial charge in [-0.2, -0.15) is 0 Å². The molecule has 1 heterocycles. The highest BCUT2D eigenvalue weighted by Gasteiger charge is 2.30. The summed E-state index contributed by atoms with van der Waals surface area (Å²) < 4.78 is 22.5. The number of rotatable bonds is 4. The van der Waals surface area contributed by atoms with Crippen molar-refractivity contribution in [2.24, 2.45) is 5.41 Å². The van der Waals surface area contributed by atoms with Gasteiger partial charge in [0.25, 0.3) is 0 Å². The predicted molar refractivity (Wildman–Crippen MR) is 68.5 cm³/mol. The summed E-state index contributed by atoms with van der Waals surface area (Å²) in [6.07, 6.45) is 2.93. The van der Waals surface area contributed by atoms with Gasteiger partial charge in [-0.05, 0) is 19.3 Å². The first-order valence-electron chi connectivity index (χ1n) is 6.28. The van der Waals surface area contributed by atoms with Crippen LogP contribution in [0.1, 0.15) is 46.5 Å². The molecule has 1 amide bonds. The molecule has 0 saturated carbocycles. The molecule has 0 atom stereocenters. The zero-order valence-electron chi connectivity index (χ0n) is 11.0. The minimum atomic E-state index is -2.85. The van der Waals surface area contributed by atoms with Crippen LogP contribution in [0.3, 0.4) is 0 Å². The topological polar surface area (TPSA) is 63.2 Å². The largest absolute Gasteiger partial charge is 0.353 e. The van der Waals surface area contributed by atoms with E-state index < -0.39 is 9.84 Å². The molecule has 0 aliphatic carbocycles. The van der Waals surface area contributed by atoms with Crippen molar-refractivity contribution < 1.29 is 13.2 Å². The zero-order valence-corrected chi connectivity index (χ0v) is 11.8. The summed E-state index contributed by atoms with van der Waals surface area (Å²) in [6.45, 7) is 5.93. The molecular formula is C12H23NO3S. The highest BCUT2D eigenvalue weighted by molar-refractivity contribution is 7.91. The van der Waals surface area contributed by atoms with Crippen molar-refractivity contribution in [3.63, 3.8) is 0 Å². The fraction of sp³-hybridized carbons (Fsp3) is 0.917. The van der Waals surface area contributed by atoms with Gasteiger partial charge in [-0.3, -0.25) is 4.79 Å². The first kappa shape index (κ1) is 14.5. The molecule has 0 radical (unpaired) electrons. The van der Waals surface area contributed by atoms with Gasteiger partial charge in [0.1, 0.15) is 9.84 Å². The molecule has 0 aromatic rings. The third-order valence-electron chi connectivity index (χ3n) is 3.38. The number of amides is 1. The molecule has 0 aromatic carbocycles. The van der Waals surface area contributed by atoms with Crippen LogP contribution in [0.25, 0.3) is 0 Å². The van der Waals surface area contributed by atoms with Gasteiger partial charge in [0.2, 0.25) is 5.91 Å². The van der Waals surface area contributed by atoms with E-state index in [9.17, 15) is 13.2 Å². The van der Waals surface area contributed by atoms with Gasteiger partial charge >= 0.3 is 0 Å². The average Bonchev–Trinajstić information content (AvgIpc) is 2.21. The van der Waals surface area contributed by atoms with Crippen LogP contribution in [0.4, 0.5) is 0 Å². The van der Waals surface area contributed by atoms with Crippen LogP contribution in [0.15, 0.2) is 0 Å². The monoisotopic (exact) mass is 261 g/mol. The lowest BCUT2D eigenvalue weighted by atomic mass is 9.86. The predicted octanol–water partition coefficient (Wildman–Crippen LogP) is 1.51. The van der Waals surface area contributed by atoms with Crippen molar-refractivity contribution in [1.82, 2.24) is 5.32 Å². The second-order valence-electron chi connectivity index (χ2n) is 5.53. The van der Waals surface area contributed by atoms with Crippen LogP contribution in [0, 0.1) is 5.41 Å². The van der Waals surface area contributed by atoms with Crippen LogP contribution in [-0.2, 0) is 14.6 Å². The molecule has 1 N–H and O–H groups in total. The van der Waals surface area contributed by atoms with Crippen molar-refractivity contribution in [3.8, 4) is 0 Å². The standard InChI is InChI=1S/C12H23NO3S/c1-4-7-12(2,3)11(14)13-10-5-8-17(15,16)9-6-10/h10H,4-9H2,1-3H3,(H,13,14). The van der Waals surface area contributed by atoms with Crippen LogP contribution >= 0.6 is 0 Å². The van der Waals surface area contributed by atoms with E-state index >= 15 is 0 Å². The first-order valence-corrected chi connectivity index (χ1v) is 8.10. The number of hydrogen-bond donors (Lipinski definition) is 1.